The number of amides is 1. The maximum atomic E-state index is 13.7. The van der Waals surface area contributed by atoms with E-state index in [1.807, 2.05) is 26.0 Å². The molecule has 0 heterocycles. The van der Waals surface area contributed by atoms with Gasteiger partial charge in [-0.3, -0.25) is 4.79 Å². The van der Waals surface area contributed by atoms with Crippen LogP contribution in [0.15, 0.2) is 28.7 Å². The van der Waals surface area contributed by atoms with Crippen molar-refractivity contribution in [3.05, 3.63) is 62.6 Å². The first kappa shape index (κ1) is 15.6. The van der Waals surface area contributed by atoms with Crippen molar-refractivity contribution in [3.8, 4) is 0 Å². The molecule has 1 N–H and O–H groups in total. The number of hydrogen-bond donors (Lipinski definition) is 1. The van der Waals surface area contributed by atoms with Crippen molar-refractivity contribution in [1.29, 1.82) is 0 Å². The molecule has 0 saturated heterocycles. The van der Waals surface area contributed by atoms with Crippen molar-refractivity contribution in [2.24, 2.45) is 0 Å². The van der Waals surface area contributed by atoms with Gasteiger partial charge >= 0.3 is 0 Å². The molecule has 0 bridgehead atoms. The fraction of sp³-hybridized carbons (Fsp3) is 0.188. The number of rotatable bonds is 2. The van der Waals surface area contributed by atoms with Crippen LogP contribution in [-0.2, 0) is 0 Å². The lowest BCUT2D eigenvalue weighted by atomic mass is 10.1. The Balaban J connectivity index is 2.37. The van der Waals surface area contributed by atoms with E-state index < -0.39 is 17.5 Å². The lowest BCUT2D eigenvalue weighted by molar-refractivity contribution is 0.102. The van der Waals surface area contributed by atoms with Crippen LogP contribution < -0.4 is 5.32 Å². The fourth-order valence-electron chi connectivity index (χ4n) is 2.12. The quantitative estimate of drug-likeness (QED) is 0.816. The van der Waals surface area contributed by atoms with Gasteiger partial charge in [0.1, 0.15) is 11.6 Å². The van der Waals surface area contributed by atoms with Crippen molar-refractivity contribution >= 4 is 27.5 Å². The van der Waals surface area contributed by atoms with Gasteiger partial charge in [-0.25, -0.2) is 8.78 Å². The number of hydrogen-bond acceptors (Lipinski definition) is 1. The summed E-state index contributed by atoms with van der Waals surface area (Å²) in [5.74, 6) is -2.13. The normalized spacial score (nSPS) is 10.6. The molecule has 0 aliphatic carbocycles. The highest BCUT2D eigenvalue weighted by molar-refractivity contribution is 9.10. The molecule has 2 aromatic carbocycles. The van der Waals surface area contributed by atoms with E-state index in [-0.39, 0.29) is 11.1 Å². The van der Waals surface area contributed by atoms with Gasteiger partial charge < -0.3 is 5.32 Å². The fourth-order valence-corrected chi connectivity index (χ4v) is 2.81. The third-order valence-corrected chi connectivity index (χ3v) is 3.69. The van der Waals surface area contributed by atoms with Crippen molar-refractivity contribution in [2.45, 2.75) is 20.8 Å². The Morgan fingerprint density at radius 1 is 0.952 bits per heavy atom. The summed E-state index contributed by atoms with van der Waals surface area (Å²) in [5.41, 5.74) is 2.40. The summed E-state index contributed by atoms with van der Waals surface area (Å²) < 4.78 is 27.9. The van der Waals surface area contributed by atoms with Crippen LogP contribution >= 0.6 is 15.9 Å². The highest BCUT2D eigenvalue weighted by Gasteiger charge is 2.16. The zero-order valence-electron chi connectivity index (χ0n) is 11.9. The molecule has 2 nitrogen and oxygen atoms in total. The maximum absolute atomic E-state index is 13.7. The van der Waals surface area contributed by atoms with Gasteiger partial charge in [0.15, 0.2) is 0 Å². The summed E-state index contributed by atoms with van der Waals surface area (Å²) in [6, 6.07) is 5.65. The number of carbonyl (C=O) groups excluding carboxylic acids is 1. The van der Waals surface area contributed by atoms with E-state index >= 15 is 0 Å². The average Bonchev–Trinajstić information content (AvgIpc) is 2.37. The predicted octanol–water partition coefficient (Wildman–Crippen LogP) is 4.90. The molecule has 110 valence electrons. The Labute approximate surface area is 130 Å². The van der Waals surface area contributed by atoms with Gasteiger partial charge in [-0.05, 0) is 55.7 Å². The molecule has 0 unspecified atom stereocenters. The molecule has 5 heteroatoms. The first-order chi connectivity index (χ1) is 9.79. The molecule has 0 aliphatic rings. The highest BCUT2D eigenvalue weighted by atomic mass is 79.9. The summed E-state index contributed by atoms with van der Waals surface area (Å²) in [6.07, 6.45) is 0. The van der Waals surface area contributed by atoms with E-state index in [0.717, 1.165) is 21.7 Å². The number of aryl methyl sites for hydroxylation is 3. The summed E-state index contributed by atoms with van der Waals surface area (Å²) in [7, 11) is 0. The summed E-state index contributed by atoms with van der Waals surface area (Å²) in [4.78, 5) is 12.2. The topological polar surface area (TPSA) is 29.1 Å². The van der Waals surface area contributed by atoms with Crippen LogP contribution in [0.5, 0.6) is 0 Å². The second-order valence-electron chi connectivity index (χ2n) is 4.95. The number of benzene rings is 2. The molecule has 0 radical (unpaired) electrons. The van der Waals surface area contributed by atoms with Crippen molar-refractivity contribution < 1.29 is 13.6 Å². The van der Waals surface area contributed by atoms with Gasteiger partial charge in [0.2, 0.25) is 0 Å². The van der Waals surface area contributed by atoms with Crippen LogP contribution in [0.2, 0.25) is 0 Å². The summed E-state index contributed by atoms with van der Waals surface area (Å²) in [5, 5.41) is 2.69. The van der Waals surface area contributed by atoms with Crippen molar-refractivity contribution in [3.63, 3.8) is 0 Å². The molecule has 2 aromatic rings. The molecule has 2 rings (SSSR count). The van der Waals surface area contributed by atoms with E-state index in [2.05, 4.69) is 21.2 Å². The Bertz CT molecular complexity index is 705. The van der Waals surface area contributed by atoms with E-state index in [4.69, 9.17) is 0 Å². The van der Waals surface area contributed by atoms with Crippen LogP contribution in [0.4, 0.5) is 14.5 Å². The SMILES string of the molecule is Cc1cc(C(=O)Nc2c(C)cc(Br)cc2C)c(F)cc1F. The van der Waals surface area contributed by atoms with Crippen molar-refractivity contribution in [1.82, 2.24) is 0 Å². The molecule has 0 spiro atoms. The lowest BCUT2D eigenvalue weighted by Crippen LogP contribution is -2.16. The molecule has 0 saturated carbocycles. The smallest absolute Gasteiger partial charge is 0.258 e. The molecule has 0 aromatic heterocycles. The monoisotopic (exact) mass is 353 g/mol. The van der Waals surface area contributed by atoms with Crippen LogP contribution in [0, 0.1) is 32.4 Å². The minimum Gasteiger partial charge on any atom is -0.321 e. The number of halogens is 3. The third-order valence-electron chi connectivity index (χ3n) is 3.23. The molecular formula is C16H14BrF2NO. The highest BCUT2D eigenvalue weighted by Crippen LogP contribution is 2.26. The van der Waals surface area contributed by atoms with Gasteiger partial charge in [0, 0.05) is 16.2 Å². The Kier molecular flexibility index (Phi) is 4.42. The van der Waals surface area contributed by atoms with E-state index in [1.165, 1.54) is 13.0 Å². The van der Waals surface area contributed by atoms with Gasteiger partial charge in [0.05, 0.1) is 5.56 Å². The van der Waals surface area contributed by atoms with Crippen molar-refractivity contribution in [2.75, 3.05) is 5.32 Å². The number of anilines is 1. The molecule has 21 heavy (non-hydrogen) atoms. The van der Waals surface area contributed by atoms with E-state index in [1.54, 1.807) is 0 Å². The van der Waals surface area contributed by atoms with E-state index in [9.17, 15) is 13.6 Å². The van der Waals surface area contributed by atoms with E-state index in [0.29, 0.717) is 5.69 Å². The Morgan fingerprint density at radius 3 is 2.10 bits per heavy atom. The van der Waals surface area contributed by atoms with Gasteiger partial charge in [-0.2, -0.15) is 0 Å². The molecule has 1 amide bonds. The zero-order chi connectivity index (χ0) is 15.7. The van der Waals surface area contributed by atoms with Crippen LogP contribution in [0.3, 0.4) is 0 Å². The first-order valence-corrected chi connectivity index (χ1v) is 7.12. The van der Waals surface area contributed by atoms with Gasteiger partial charge in [-0.15, -0.1) is 0 Å². The molecule has 0 atom stereocenters. The molecular weight excluding hydrogens is 340 g/mol. The minimum absolute atomic E-state index is 0.171. The summed E-state index contributed by atoms with van der Waals surface area (Å²) >= 11 is 3.37. The standard InChI is InChI=1S/C16H14BrF2NO/c1-8-6-12(14(19)7-13(8)18)16(21)20-15-9(2)4-11(17)5-10(15)3/h4-7H,1-3H3,(H,20,21). The minimum atomic E-state index is -0.872. The molecule has 0 aliphatic heterocycles. The van der Waals surface area contributed by atoms with Crippen LogP contribution in [0.1, 0.15) is 27.0 Å². The second-order valence-corrected chi connectivity index (χ2v) is 5.87. The first-order valence-electron chi connectivity index (χ1n) is 6.33. The van der Waals surface area contributed by atoms with Gasteiger partial charge in [-0.1, -0.05) is 15.9 Å². The summed E-state index contributed by atoms with van der Waals surface area (Å²) in [6.45, 7) is 5.18. The molecule has 0 fully saturated rings. The average molecular weight is 354 g/mol. The lowest BCUT2D eigenvalue weighted by Gasteiger charge is -2.13. The Hall–Kier alpha value is -1.75. The Morgan fingerprint density at radius 2 is 1.52 bits per heavy atom. The zero-order valence-corrected chi connectivity index (χ0v) is 13.4. The van der Waals surface area contributed by atoms with Crippen LogP contribution in [0.25, 0.3) is 0 Å². The third kappa shape index (κ3) is 3.29. The number of nitrogens with one attached hydrogen (secondary N) is 1. The second kappa shape index (κ2) is 5.93. The largest absolute Gasteiger partial charge is 0.321 e. The van der Waals surface area contributed by atoms with Crippen LogP contribution in [-0.4, -0.2) is 5.91 Å². The predicted molar refractivity (Wildman–Crippen MR) is 82.7 cm³/mol. The maximum Gasteiger partial charge on any atom is 0.258 e. The van der Waals surface area contributed by atoms with Gasteiger partial charge in [0.25, 0.3) is 5.91 Å². The number of carbonyl (C=O) groups is 1.